The number of aromatic nitrogens is 1. The van der Waals surface area contributed by atoms with Crippen molar-refractivity contribution in [3.63, 3.8) is 0 Å². The summed E-state index contributed by atoms with van der Waals surface area (Å²) in [6, 6.07) is 6.53. The minimum absolute atomic E-state index is 0.277. The molecule has 1 aromatic carbocycles. The summed E-state index contributed by atoms with van der Waals surface area (Å²) >= 11 is 11.8. The lowest BCUT2D eigenvalue weighted by Crippen LogP contribution is -2.13. The first-order valence-electron chi connectivity index (χ1n) is 4.33. The van der Waals surface area contributed by atoms with Crippen molar-refractivity contribution in [2.75, 3.05) is 4.90 Å². The van der Waals surface area contributed by atoms with E-state index in [9.17, 15) is 4.79 Å². The summed E-state index contributed by atoms with van der Waals surface area (Å²) in [5, 5.41) is 4.17. The molecule has 6 heteroatoms. The Kier molecular flexibility index (Phi) is 3.12. The lowest BCUT2D eigenvalue weighted by molar-refractivity contribution is -0.107. The molecule has 0 fully saturated rings. The van der Waals surface area contributed by atoms with Crippen LogP contribution in [0.4, 0.5) is 11.6 Å². The van der Waals surface area contributed by atoms with Gasteiger partial charge in [0.2, 0.25) is 12.3 Å². The fourth-order valence-corrected chi connectivity index (χ4v) is 1.63. The maximum atomic E-state index is 11.0. The van der Waals surface area contributed by atoms with Gasteiger partial charge in [-0.25, -0.2) is 4.90 Å². The Morgan fingerprint density at radius 2 is 2.12 bits per heavy atom. The molecule has 2 aromatic rings. The highest BCUT2D eigenvalue weighted by Crippen LogP contribution is 2.35. The maximum Gasteiger partial charge on any atom is 0.238 e. The standard InChI is InChI=1S/C10H6Cl2N2O2/c11-7-2-1-3-8(10(7)12)14(6-15)9-4-5-13-16-9/h1-6H. The van der Waals surface area contributed by atoms with Gasteiger partial charge in [-0.05, 0) is 12.1 Å². The lowest BCUT2D eigenvalue weighted by Gasteiger charge is -2.15. The van der Waals surface area contributed by atoms with Crippen LogP contribution in [0.15, 0.2) is 35.0 Å². The fourth-order valence-electron chi connectivity index (χ4n) is 1.24. The van der Waals surface area contributed by atoms with Crippen molar-refractivity contribution in [2.24, 2.45) is 0 Å². The van der Waals surface area contributed by atoms with Gasteiger partial charge < -0.3 is 4.52 Å². The molecular formula is C10H6Cl2N2O2. The van der Waals surface area contributed by atoms with Crippen LogP contribution in [0.3, 0.4) is 0 Å². The molecule has 0 bridgehead atoms. The predicted molar refractivity (Wildman–Crippen MR) is 61.2 cm³/mol. The molecule has 0 N–H and O–H groups in total. The molecule has 0 saturated carbocycles. The first-order chi connectivity index (χ1) is 7.74. The van der Waals surface area contributed by atoms with Gasteiger partial charge in [0, 0.05) is 6.07 Å². The Bertz CT molecular complexity index is 500. The maximum absolute atomic E-state index is 11.0. The molecule has 1 amide bonds. The van der Waals surface area contributed by atoms with Crippen molar-refractivity contribution < 1.29 is 9.32 Å². The van der Waals surface area contributed by atoms with E-state index in [1.165, 1.54) is 11.1 Å². The zero-order valence-electron chi connectivity index (χ0n) is 7.93. The summed E-state index contributed by atoms with van der Waals surface area (Å²) in [6.07, 6.45) is 2.02. The second-order valence-corrected chi connectivity index (χ2v) is 3.68. The van der Waals surface area contributed by atoms with E-state index < -0.39 is 0 Å². The van der Waals surface area contributed by atoms with E-state index in [2.05, 4.69) is 5.16 Å². The number of halogens is 2. The summed E-state index contributed by atoms with van der Waals surface area (Å²) in [5.74, 6) is 0.277. The Morgan fingerprint density at radius 3 is 2.75 bits per heavy atom. The van der Waals surface area contributed by atoms with Gasteiger partial charge >= 0.3 is 0 Å². The lowest BCUT2D eigenvalue weighted by atomic mass is 10.3. The molecule has 0 aliphatic rings. The number of hydrogen-bond acceptors (Lipinski definition) is 3. The second kappa shape index (κ2) is 4.55. The van der Waals surface area contributed by atoms with Crippen molar-refractivity contribution in [1.82, 2.24) is 5.16 Å². The predicted octanol–water partition coefficient (Wildman–Crippen LogP) is 3.28. The van der Waals surface area contributed by atoms with Crippen LogP contribution in [-0.4, -0.2) is 11.6 Å². The molecule has 0 radical (unpaired) electrons. The number of anilines is 2. The summed E-state index contributed by atoms with van der Waals surface area (Å²) < 4.78 is 4.88. The molecule has 0 unspecified atom stereocenters. The van der Waals surface area contributed by atoms with Crippen LogP contribution in [0, 0.1) is 0 Å². The summed E-state index contributed by atoms with van der Waals surface area (Å²) in [7, 11) is 0. The topological polar surface area (TPSA) is 46.3 Å². The van der Waals surface area contributed by atoms with Crippen molar-refractivity contribution >= 4 is 41.2 Å². The average Bonchev–Trinajstić information content (AvgIpc) is 2.79. The van der Waals surface area contributed by atoms with Gasteiger partial charge in [0.05, 0.1) is 21.9 Å². The van der Waals surface area contributed by atoms with E-state index >= 15 is 0 Å². The molecule has 0 saturated heterocycles. The third-order valence-corrected chi connectivity index (χ3v) is 2.77. The SMILES string of the molecule is O=CN(c1ccno1)c1cccc(Cl)c1Cl. The quantitative estimate of drug-likeness (QED) is 0.792. The van der Waals surface area contributed by atoms with Gasteiger partial charge in [-0.1, -0.05) is 34.4 Å². The molecular weight excluding hydrogens is 251 g/mol. The number of hydrogen-bond donors (Lipinski definition) is 0. The van der Waals surface area contributed by atoms with Gasteiger partial charge in [-0.2, -0.15) is 0 Å². The molecule has 16 heavy (non-hydrogen) atoms. The van der Waals surface area contributed by atoms with Gasteiger partial charge in [0.15, 0.2) is 0 Å². The Balaban J connectivity index is 2.49. The zero-order valence-corrected chi connectivity index (χ0v) is 9.44. The Morgan fingerprint density at radius 1 is 1.31 bits per heavy atom. The van der Waals surface area contributed by atoms with Crippen molar-refractivity contribution in [3.8, 4) is 0 Å². The number of rotatable bonds is 3. The number of amides is 1. The fraction of sp³-hybridized carbons (Fsp3) is 0. The molecule has 1 heterocycles. The van der Waals surface area contributed by atoms with Gasteiger partial charge in [-0.3, -0.25) is 4.79 Å². The highest BCUT2D eigenvalue weighted by molar-refractivity contribution is 6.44. The van der Waals surface area contributed by atoms with Crippen LogP contribution in [-0.2, 0) is 4.79 Å². The normalized spacial score (nSPS) is 10.1. The van der Waals surface area contributed by atoms with Crippen LogP contribution >= 0.6 is 23.2 Å². The monoisotopic (exact) mass is 256 g/mol. The largest absolute Gasteiger partial charge is 0.338 e. The first-order valence-corrected chi connectivity index (χ1v) is 5.09. The summed E-state index contributed by atoms with van der Waals surface area (Å²) in [5.41, 5.74) is 0.445. The smallest absolute Gasteiger partial charge is 0.238 e. The summed E-state index contributed by atoms with van der Waals surface area (Å²) in [4.78, 5) is 12.2. The highest BCUT2D eigenvalue weighted by atomic mass is 35.5. The van der Waals surface area contributed by atoms with Crippen LogP contribution in [0.25, 0.3) is 0 Å². The van der Waals surface area contributed by atoms with E-state index in [-0.39, 0.29) is 10.9 Å². The van der Waals surface area contributed by atoms with Crippen LogP contribution < -0.4 is 4.90 Å². The molecule has 0 atom stereocenters. The Hall–Kier alpha value is -1.52. The minimum atomic E-state index is 0.277. The Labute approximate surface area is 101 Å². The zero-order chi connectivity index (χ0) is 11.5. The molecule has 0 aliphatic heterocycles. The minimum Gasteiger partial charge on any atom is -0.338 e. The van der Waals surface area contributed by atoms with Crippen molar-refractivity contribution in [1.29, 1.82) is 0 Å². The van der Waals surface area contributed by atoms with E-state index in [4.69, 9.17) is 27.7 Å². The van der Waals surface area contributed by atoms with Crippen molar-refractivity contribution in [2.45, 2.75) is 0 Å². The molecule has 0 aliphatic carbocycles. The molecule has 0 spiro atoms. The third kappa shape index (κ3) is 1.89. The van der Waals surface area contributed by atoms with E-state index in [0.717, 1.165) is 0 Å². The first kappa shape index (κ1) is 11.0. The van der Waals surface area contributed by atoms with Gasteiger partial charge in [0.1, 0.15) is 0 Å². The highest BCUT2D eigenvalue weighted by Gasteiger charge is 2.16. The third-order valence-electron chi connectivity index (χ3n) is 1.96. The van der Waals surface area contributed by atoms with E-state index in [1.807, 2.05) is 0 Å². The summed E-state index contributed by atoms with van der Waals surface area (Å²) in [6.45, 7) is 0. The van der Waals surface area contributed by atoms with Crippen molar-refractivity contribution in [3.05, 3.63) is 40.5 Å². The van der Waals surface area contributed by atoms with Gasteiger partial charge in [-0.15, -0.1) is 0 Å². The molecule has 4 nitrogen and oxygen atoms in total. The van der Waals surface area contributed by atoms with Crippen LogP contribution in [0.5, 0.6) is 0 Å². The number of nitrogens with zero attached hydrogens (tertiary/aromatic N) is 2. The molecule has 2 rings (SSSR count). The van der Waals surface area contributed by atoms with Crippen LogP contribution in [0.2, 0.25) is 10.0 Å². The number of benzene rings is 1. The number of carbonyl (C=O) groups is 1. The van der Waals surface area contributed by atoms with E-state index in [0.29, 0.717) is 17.1 Å². The average molecular weight is 257 g/mol. The van der Waals surface area contributed by atoms with Gasteiger partial charge in [0.25, 0.3) is 0 Å². The number of carbonyl (C=O) groups excluding carboxylic acids is 1. The van der Waals surface area contributed by atoms with Crippen LogP contribution in [0.1, 0.15) is 0 Å². The second-order valence-electron chi connectivity index (χ2n) is 2.90. The van der Waals surface area contributed by atoms with E-state index in [1.54, 1.807) is 24.3 Å². The molecule has 1 aromatic heterocycles. The molecule has 82 valence electrons.